The highest BCUT2D eigenvalue weighted by Crippen LogP contribution is 2.13. The minimum absolute atomic E-state index is 0.187. The fourth-order valence-corrected chi connectivity index (χ4v) is 4.37. The molecule has 0 bridgehead atoms. The van der Waals surface area contributed by atoms with E-state index in [-0.39, 0.29) is 15.8 Å². The molecule has 0 aliphatic rings. The van der Waals surface area contributed by atoms with Crippen LogP contribution in [0.1, 0.15) is 5.56 Å². The number of benzene rings is 3. The third-order valence-corrected chi connectivity index (χ3v) is 5.98. The molecule has 1 aromatic heterocycles. The second-order valence-electron chi connectivity index (χ2n) is 7.12. The van der Waals surface area contributed by atoms with Crippen LogP contribution in [0.2, 0.25) is 0 Å². The average molecular weight is 472 g/mol. The summed E-state index contributed by atoms with van der Waals surface area (Å²) in [5, 5.41) is 12.4. The van der Waals surface area contributed by atoms with Crippen LogP contribution in [-0.4, -0.2) is 17.6 Å². The molecular weight excluding hydrogens is 453 g/mol. The molecule has 3 aromatic carbocycles. The maximum absolute atomic E-state index is 13.4. The predicted molar refractivity (Wildman–Crippen MR) is 130 cm³/mol. The first-order valence-corrected chi connectivity index (χ1v) is 11.0. The van der Waals surface area contributed by atoms with Gasteiger partial charge in [-0.1, -0.05) is 30.3 Å². The lowest BCUT2D eigenvalue weighted by Crippen LogP contribution is -2.32. The first kappa shape index (κ1) is 22.7. The maximum atomic E-state index is 13.4. The van der Waals surface area contributed by atoms with Crippen LogP contribution in [0.5, 0.6) is 5.75 Å². The SMILES string of the molecule is COc1cccc(C=c2sc(=C(C#N)C(=O)Nc3ccc(F)cc3)n(-c3ccccc3)c2=O)c1. The summed E-state index contributed by atoms with van der Waals surface area (Å²) in [7, 11) is 1.55. The number of ether oxygens (including phenoxy) is 1. The molecule has 0 spiro atoms. The molecule has 6 nitrogen and oxygen atoms in total. The zero-order valence-electron chi connectivity index (χ0n) is 18.0. The number of nitriles is 1. The summed E-state index contributed by atoms with van der Waals surface area (Å²) in [6, 6.07) is 23.1. The van der Waals surface area contributed by atoms with Gasteiger partial charge in [-0.15, -0.1) is 11.3 Å². The molecule has 4 aromatic rings. The van der Waals surface area contributed by atoms with Crippen molar-refractivity contribution in [3.8, 4) is 17.5 Å². The largest absolute Gasteiger partial charge is 0.497 e. The van der Waals surface area contributed by atoms with E-state index in [0.717, 1.165) is 16.9 Å². The van der Waals surface area contributed by atoms with Crippen LogP contribution >= 0.6 is 11.3 Å². The molecular formula is C26H18FN3O3S. The van der Waals surface area contributed by atoms with E-state index in [1.165, 1.54) is 28.8 Å². The lowest BCUT2D eigenvalue weighted by atomic mass is 10.2. The van der Waals surface area contributed by atoms with Crippen molar-refractivity contribution in [3.05, 3.63) is 110 Å². The molecule has 0 saturated carbocycles. The van der Waals surface area contributed by atoms with Gasteiger partial charge in [-0.25, -0.2) is 4.39 Å². The molecule has 34 heavy (non-hydrogen) atoms. The van der Waals surface area contributed by atoms with E-state index in [1.54, 1.807) is 61.7 Å². The number of carbonyl (C=O) groups is 1. The third-order valence-electron chi connectivity index (χ3n) is 4.88. The van der Waals surface area contributed by atoms with Crippen molar-refractivity contribution in [1.82, 2.24) is 4.57 Å². The number of rotatable bonds is 5. The minimum Gasteiger partial charge on any atom is -0.497 e. The van der Waals surface area contributed by atoms with Gasteiger partial charge in [-0.2, -0.15) is 5.26 Å². The van der Waals surface area contributed by atoms with Gasteiger partial charge < -0.3 is 10.1 Å². The van der Waals surface area contributed by atoms with Gasteiger partial charge in [0.1, 0.15) is 22.3 Å². The van der Waals surface area contributed by atoms with Gasteiger partial charge in [0.25, 0.3) is 11.5 Å². The standard InChI is InChI=1S/C26H18FN3O3S/c1-33-21-9-5-6-17(14-21)15-23-25(32)30(20-7-3-2-4-8-20)26(34-23)22(16-28)24(31)29-19-12-10-18(27)11-13-19/h2-15H,1H3,(H,29,31). The zero-order valence-corrected chi connectivity index (χ0v) is 18.8. The van der Waals surface area contributed by atoms with Gasteiger partial charge in [0.15, 0.2) is 5.57 Å². The smallest absolute Gasteiger partial charge is 0.273 e. The molecule has 8 heteroatoms. The number of aromatic nitrogens is 1. The Morgan fingerprint density at radius 3 is 2.50 bits per heavy atom. The van der Waals surface area contributed by atoms with E-state index in [9.17, 15) is 19.2 Å². The summed E-state index contributed by atoms with van der Waals surface area (Å²) < 4.78 is 20.3. The number of halogens is 1. The summed E-state index contributed by atoms with van der Waals surface area (Å²) in [4.78, 5) is 26.4. The average Bonchev–Trinajstić information content (AvgIpc) is 3.17. The molecule has 168 valence electrons. The number of carbonyl (C=O) groups excluding carboxylic acids is 1. The summed E-state index contributed by atoms with van der Waals surface area (Å²) in [6.45, 7) is 0. The Bertz CT molecular complexity index is 1570. The van der Waals surface area contributed by atoms with Gasteiger partial charge in [0.05, 0.1) is 17.3 Å². The van der Waals surface area contributed by atoms with Crippen LogP contribution in [0.25, 0.3) is 17.3 Å². The molecule has 0 aliphatic carbocycles. The van der Waals surface area contributed by atoms with Crippen molar-refractivity contribution in [1.29, 1.82) is 5.26 Å². The van der Waals surface area contributed by atoms with E-state index in [2.05, 4.69) is 5.32 Å². The molecule has 0 radical (unpaired) electrons. The van der Waals surface area contributed by atoms with Crippen LogP contribution < -0.4 is 24.8 Å². The van der Waals surface area contributed by atoms with E-state index in [0.29, 0.717) is 21.7 Å². The molecule has 1 heterocycles. The normalized spacial score (nSPS) is 12.1. The highest BCUT2D eigenvalue weighted by atomic mass is 32.1. The first-order chi connectivity index (χ1) is 16.5. The van der Waals surface area contributed by atoms with Crippen molar-refractivity contribution in [2.75, 3.05) is 12.4 Å². The van der Waals surface area contributed by atoms with Crippen LogP contribution in [0.4, 0.5) is 10.1 Å². The van der Waals surface area contributed by atoms with E-state index < -0.39 is 11.7 Å². The fourth-order valence-electron chi connectivity index (χ4n) is 3.27. The van der Waals surface area contributed by atoms with E-state index >= 15 is 0 Å². The van der Waals surface area contributed by atoms with Crippen LogP contribution in [0, 0.1) is 17.1 Å². The zero-order chi connectivity index (χ0) is 24.1. The Hall–Kier alpha value is -4.48. The number of nitrogens with one attached hydrogen (secondary N) is 1. The third kappa shape index (κ3) is 4.80. The first-order valence-electron chi connectivity index (χ1n) is 10.1. The summed E-state index contributed by atoms with van der Waals surface area (Å²) in [5.41, 5.74) is 0.981. The number of amides is 1. The molecule has 0 fully saturated rings. The quantitative estimate of drug-likeness (QED) is 0.485. The number of thiazole rings is 1. The second kappa shape index (κ2) is 9.98. The minimum atomic E-state index is -0.701. The number of hydrogen-bond acceptors (Lipinski definition) is 5. The molecule has 1 amide bonds. The van der Waals surface area contributed by atoms with Gasteiger partial charge in [-0.3, -0.25) is 14.2 Å². The summed E-state index contributed by atoms with van der Waals surface area (Å²) in [5.74, 6) is -0.513. The van der Waals surface area contributed by atoms with Crippen molar-refractivity contribution in [2.45, 2.75) is 0 Å². The van der Waals surface area contributed by atoms with Crippen molar-refractivity contribution in [2.24, 2.45) is 0 Å². The van der Waals surface area contributed by atoms with E-state index in [1.807, 2.05) is 12.1 Å². The highest BCUT2D eigenvalue weighted by molar-refractivity contribution is 7.07. The molecule has 0 atom stereocenters. The van der Waals surface area contributed by atoms with Gasteiger partial charge in [-0.05, 0) is 60.2 Å². The lowest BCUT2D eigenvalue weighted by molar-refractivity contribution is -0.111. The van der Waals surface area contributed by atoms with Gasteiger partial charge in [0.2, 0.25) is 0 Å². The number of nitrogens with zero attached hydrogens (tertiary/aromatic N) is 2. The number of anilines is 1. The van der Waals surface area contributed by atoms with E-state index in [4.69, 9.17) is 4.74 Å². The highest BCUT2D eigenvalue weighted by Gasteiger charge is 2.17. The number of methoxy groups -OCH3 is 1. The second-order valence-corrected chi connectivity index (χ2v) is 8.15. The lowest BCUT2D eigenvalue weighted by Gasteiger charge is -2.05. The summed E-state index contributed by atoms with van der Waals surface area (Å²) >= 11 is 1.04. The Morgan fingerprint density at radius 1 is 1.09 bits per heavy atom. The number of para-hydroxylation sites is 1. The molecule has 1 N–H and O–H groups in total. The topological polar surface area (TPSA) is 84.1 Å². The Kier molecular flexibility index (Phi) is 6.67. The van der Waals surface area contributed by atoms with Crippen molar-refractivity contribution in [3.63, 3.8) is 0 Å². The van der Waals surface area contributed by atoms with Crippen LogP contribution in [0.15, 0.2) is 83.7 Å². The molecule has 4 rings (SSSR count). The number of hydrogen-bond donors (Lipinski definition) is 1. The van der Waals surface area contributed by atoms with Gasteiger partial charge in [0, 0.05) is 5.69 Å². The molecule has 0 saturated heterocycles. The maximum Gasteiger partial charge on any atom is 0.273 e. The Morgan fingerprint density at radius 2 is 1.82 bits per heavy atom. The van der Waals surface area contributed by atoms with Crippen LogP contribution in [0.3, 0.4) is 0 Å². The molecule has 0 aliphatic heterocycles. The van der Waals surface area contributed by atoms with Crippen LogP contribution in [-0.2, 0) is 4.79 Å². The van der Waals surface area contributed by atoms with Crippen molar-refractivity contribution < 1.29 is 13.9 Å². The monoisotopic (exact) mass is 471 g/mol. The Labute approximate surface area is 198 Å². The van der Waals surface area contributed by atoms with Gasteiger partial charge >= 0.3 is 0 Å². The Balaban J connectivity index is 1.93. The summed E-state index contributed by atoms with van der Waals surface area (Å²) in [6.07, 6.45) is 1.69. The fraction of sp³-hybridized carbons (Fsp3) is 0.0385. The predicted octanol–water partition coefficient (Wildman–Crippen LogP) is 3.19. The molecule has 0 unspecified atom stereocenters. The van der Waals surface area contributed by atoms with Crippen molar-refractivity contribution >= 4 is 34.6 Å².